The van der Waals surface area contributed by atoms with Crippen LogP contribution in [0.3, 0.4) is 0 Å². The lowest BCUT2D eigenvalue weighted by Gasteiger charge is -2.05. The van der Waals surface area contributed by atoms with Crippen molar-refractivity contribution in [1.82, 2.24) is 5.32 Å². The van der Waals surface area contributed by atoms with Crippen molar-refractivity contribution >= 4 is 28.5 Å². The third-order valence-electron chi connectivity index (χ3n) is 2.00. The zero-order valence-electron chi connectivity index (χ0n) is 8.60. The van der Waals surface area contributed by atoms with Gasteiger partial charge in [-0.1, -0.05) is 28.7 Å². The van der Waals surface area contributed by atoms with Crippen LogP contribution >= 0.6 is 22.6 Å². The Bertz CT molecular complexity index is 371. The Morgan fingerprint density at radius 3 is 2.75 bits per heavy atom. The maximum absolute atomic E-state index is 13.2. The molecule has 2 nitrogen and oxygen atoms in total. The molecular weight excluding hydrogens is 327 g/mol. The van der Waals surface area contributed by atoms with Crippen LogP contribution in [0.2, 0.25) is 0 Å². The zero-order valence-corrected chi connectivity index (χ0v) is 10.8. The van der Waals surface area contributed by atoms with E-state index in [9.17, 15) is 13.6 Å². The summed E-state index contributed by atoms with van der Waals surface area (Å²) in [6.45, 7) is 0.588. The van der Waals surface area contributed by atoms with Crippen LogP contribution < -0.4 is 5.32 Å². The summed E-state index contributed by atoms with van der Waals surface area (Å²) in [5, 5.41) is 2.67. The van der Waals surface area contributed by atoms with E-state index in [1.165, 1.54) is 6.07 Å². The predicted molar refractivity (Wildman–Crippen MR) is 66.6 cm³/mol. The molecule has 0 saturated carbocycles. The molecule has 0 spiro atoms. The van der Waals surface area contributed by atoms with E-state index in [1.807, 2.05) is 0 Å². The maximum atomic E-state index is 13.2. The summed E-state index contributed by atoms with van der Waals surface area (Å²) in [5.41, 5.74) is 0.216. The Hall–Kier alpha value is -0.720. The van der Waals surface area contributed by atoms with E-state index < -0.39 is 11.6 Å². The third kappa shape index (κ3) is 4.42. The van der Waals surface area contributed by atoms with Crippen molar-refractivity contribution in [3.05, 3.63) is 35.4 Å². The predicted octanol–water partition coefficient (Wildman–Crippen LogP) is 2.45. The summed E-state index contributed by atoms with van der Waals surface area (Å²) >= 11 is 2.21. The lowest BCUT2D eigenvalue weighted by molar-refractivity contribution is -0.120. The van der Waals surface area contributed by atoms with Crippen molar-refractivity contribution in [2.75, 3.05) is 11.0 Å². The van der Waals surface area contributed by atoms with Crippen LogP contribution in [-0.2, 0) is 11.2 Å². The molecular formula is C11H12F2INO. The van der Waals surface area contributed by atoms with Gasteiger partial charge >= 0.3 is 0 Å². The van der Waals surface area contributed by atoms with E-state index in [-0.39, 0.29) is 17.9 Å². The summed E-state index contributed by atoms with van der Waals surface area (Å²) in [6.07, 6.45) is 0.839. The summed E-state index contributed by atoms with van der Waals surface area (Å²) < 4.78 is 26.7. The number of benzene rings is 1. The molecule has 0 bridgehead atoms. The molecule has 0 atom stereocenters. The van der Waals surface area contributed by atoms with Crippen LogP contribution in [0.25, 0.3) is 0 Å². The number of hydrogen-bond acceptors (Lipinski definition) is 1. The van der Waals surface area contributed by atoms with E-state index in [1.54, 1.807) is 0 Å². The first-order valence-electron chi connectivity index (χ1n) is 4.90. The van der Waals surface area contributed by atoms with Crippen molar-refractivity contribution in [2.45, 2.75) is 12.8 Å². The Labute approximate surface area is 107 Å². The van der Waals surface area contributed by atoms with Crippen LogP contribution in [0.4, 0.5) is 8.78 Å². The highest BCUT2D eigenvalue weighted by molar-refractivity contribution is 14.1. The van der Waals surface area contributed by atoms with Gasteiger partial charge in [-0.15, -0.1) is 0 Å². The molecule has 0 saturated heterocycles. The van der Waals surface area contributed by atoms with Gasteiger partial charge in [-0.2, -0.15) is 0 Å². The van der Waals surface area contributed by atoms with Gasteiger partial charge < -0.3 is 5.32 Å². The molecule has 0 radical (unpaired) electrons. The summed E-state index contributed by atoms with van der Waals surface area (Å²) in [7, 11) is 0. The standard InChI is InChI=1S/C11H12F2INO/c12-9-3-2-8(10(13)7-9)6-11(16)15-5-1-4-14/h2-3,7H,1,4-6H2,(H,15,16). The molecule has 0 fully saturated rings. The fourth-order valence-corrected chi connectivity index (χ4v) is 1.58. The lowest BCUT2D eigenvalue weighted by atomic mass is 10.1. The number of alkyl halides is 1. The molecule has 1 N–H and O–H groups in total. The molecule has 0 heterocycles. The SMILES string of the molecule is O=C(Cc1ccc(F)cc1F)NCCCI. The fraction of sp³-hybridized carbons (Fsp3) is 0.364. The highest BCUT2D eigenvalue weighted by Gasteiger charge is 2.08. The first-order chi connectivity index (χ1) is 7.63. The topological polar surface area (TPSA) is 29.1 Å². The highest BCUT2D eigenvalue weighted by Crippen LogP contribution is 2.09. The first-order valence-corrected chi connectivity index (χ1v) is 6.42. The molecule has 0 aliphatic heterocycles. The summed E-state index contributed by atoms with van der Waals surface area (Å²) in [6, 6.07) is 3.23. The number of carbonyl (C=O) groups excluding carboxylic acids is 1. The van der Waals surface area contributed by atoms with E-state index in [0.717, 1.165) is 23.0 Å². The van der Waals surface area contributed by atoms with E-state index in [2.05, 4.69) is 27.9 Å². The van der Waals surface area contributed by atoms with Crippen molar-refractivity contribution in [3.8, 4) is 0 Å². The van der Waals surface area contributed by atoms with Gasteiger partial charge in [0.1, 0.15) is 11.6 Å². The average Bonchev–Trinajstić information content (AvgIpc) is 2.23. The second-order valence-corrected chi connectivity index (χ2v) is 4.38. The van der Waals surface area contributed by atoms with Gasteiger partial charge in [0.25, 0.3) is 0 Å². The average molecular weight is 339 g/mol. The fourth-order valence-electron chi connectivity index (χ4n) is 1.20. The number of carbonyl (C=O) groups is 1. The molecule has 88 valence electrons. The van der Waals surface area contributed by atoms with Gasteiger partial charge in [0, 0.05) is 17.0 Å². The van der Waals surface area contributed by atoms with Crippen LogP contribution in [0, 0.1) is 11.6 Å². The van der Waals surface area contributed by atoms with Crippen LogP contribution in [0.15, 0.2) is 18.2 Å². The monoisotopic (exact) mass is 339 g/mol. The minimum atomic E-state index is -0.677. The Morgan fingerprint density at radius 2 is 2.12 bits per heavy atom. The van der Waals surface area contributed by atoms with Gasteiger partial charge in [0.15, 0.2) is 0 Å². The number of hydrogen-bond donors (Lipinski definition) is 1. The Kier molecular flexibility index (Phi) is 5.65. The van der Waals surface area contributed by atoms with Gasteiger partial charge in [-0.25, -0.2) is 8.78 Å². The molecule has 0 aliphatic carbocycles. The van der Waals surface area contributed by atoms with Crippen molar-refractivity contribution in [1.29, 1.82) is 0 Å². The smallest absolute Gasteiger partial charge is 0.224 e. The second-order valence-electron chi connectivity index (χ2n) is 3.30. The zero-order chi connectivity index (χ0) is 12.0. The van der Waals surface area contributed by atoms with Crippen molar-refractivity contribution < 1.29 is 13.6 Å². The van der Waals surface area contributed by atoms with Gasteiger partial charge in [0.05, 0.1) is 6.42 Å². The minimum absolute atomic E-state index is 0.0483. The quantitative estimate of drug-likeness (QED) is 0.498. The molecule has 1 amide bonds. The molecule has 0 aliphatic rings. The lowest BCUT2D eigenvalue weighted by Crippen LogP contribution is -2.26. The van der Waals surface area contributed by atoms with Gasteiger partial charge in [-0.05, 0) is 18.1 Å². The van der Waals surface area contributed by atoms with Gasteiger partial charge in [-0.3, -0.25) is 4.79 Å². The van der Waals surface area contributed by atoms with Crippen LogP contribution in [0.5, 0.6) is 0 Å². The van der Waals surface area contributed by atoms with Crippen molar-refractivity contribution in [2.24, 2.45) is 0 Å². The Balaban J connectivity index is 2.49. The molecule has 1 aromatic rings. The molecule has 16 heavy (non-hydrogen) atoms. The molecule has 0 unspecified atom stereocenters. The van der Waals surface area contributed by atoms with Crippen LogP contribution in [-0.4, -0.2) is 16.9 Å². The van der Waals surface area contributed by atoms with E-state index >= 15 is 0 Å². The first kappa shape index (κ1) is 13.3. The largest absolute Gasteiger partial charge is 0.356 e. The molecule has 5 heteroatoms. The second kappa shape index (κ2) is 6.78. The van der Waals surface area contributed by atoms with Gasteiger partial charge in [0.2, 0.25) is 5.91 Å². The summed E-state index contributed by atoms with van der Waals surface area (Å²) in [5.74, 6) is -1.55. The minimum Gasteiger partial charge on any atom is -0.356 e. The normalized spacial score (nSPS) is 10.2. The van der Waals surface area contributed by atoms with Crippen molar-refractivity contribution in [3.63, 3.8) is 0 Å². The number of amides is 1. The number of rotatable bonds is 5. The third-order valence-corrected chi connectivity index (χ3v) is 2.76. The number of nitrogens with one attached hydrogen (secondary N) is 1. The van der Waals surface area contributed by atoms with E-state index in [4.69, 9.17) is 0 Å². The number of halogens is 3. The molecule has 0 aromatic heterocycles. The molecule has 1 rings (SSSR count). The molecule has 1 aromatic carbocycles. The Morgan fingerprint density at radius 1 is 1.38 bits per heavy atom. The highest BCUT2D eigenvalue weighted by atomic mass is 127. The van der Waals surface area contributed by atoms with Crippen LogP contribution in [0.1, 0.15) is 12.0 Å². The van der Waals surface area contributed by atoms with E-state index in [0.29, 0.717) is 6.54 Å². The maximum Gasteiger partial charge on any atom is 0.224 e. The summed E-state index contributed by atoms with van der Waals surface area (Å²) in [4.78, 5) is 11.4.